The van der Waals surface area contributed by atoms with Crippen LogP contribution >= 0.6 is 0 Å². The molecule has 0 fully saturated rings. The van der Waals surface area contributed by atoms with Crippen LogP contribution in [0.5, 0.6) is 11.5 Å². The summed E-state index contributed by atoms with van der Waals surface area (Å²) in [4.78, 5) is 24.0. The number of unbranched alkanes of at least 4 members (excludes halogenated alkanes) is 1. The van der Waals surface area contributed by atoms with Crippen molar-refractivity contribution in [1.82, 2.24) is 0 Å². The van der Waals surface area contributed by atoms with Crippen molar-refractivity contribution in [1.29, 1.82) is 0 Å². The Morgan fingerprint density at radius 2 is 1.24 bits per heavy atom. The van der Waals surface area contributed by atoms with Crippen LogP contribution < -0.4 is 4.74 Å². The fraction of sp³-hybridized carbons (Fsp3) is 0.733. The molecule has 1 N–H and O–H groups in total. The van der Waals surface area contributed by atoms with Crippen LogP contribution in [0.25, 0.3) is 0 Å². The third-order valence-corrected chi connectivity index (χ3v) is 6.78. The average molecular weight is 539 g/mol. The van der Waals surface area contributed by atoms with E-state index in [1.807, 2.05) is 12.1 Å². The molecule has 1 aromatic carbocycles. The summed E-state index contributed by atoms with van der Waals surface area (Å²) in [5, 5.41) is 11.1. The summed E-state index contributed by atoms with van der Waals surface area (Å²) < 4.78 is 26.4. The van der Waals surface area contributed by atoms with E-state index in [4.69, 9.17) is 23.7 Å². The highest BCUT2D eigenvalue weighted by atomic mass is 16.6. The van der Waals surface area contributed by atoms with E-state index in [1.54, 1.807) is 14.2 Å². The van der Waals surface area contributed by atoms with E-state index in [0.29, 0.717) is 51.9 Å². The largest absolute Gasteiger partial charge is 0.508 e. The molecule has 0 unspecified atom stereocenters. The predicted octanol–water partition coefficient (Wildman–Crippen LogP) is 5.85. The monoisotopic (exact) mass is 538 g/mol. The van der Waals surface area contributed by atoms with Gasteiger partial charge < -0.3 is 28.8 Å². The molecule has 0 atom stereocenters. The van der Waals surface area contributed by atoms with Gasteiger partial charge in [-0.2, -0.15) is 0 Å². The third-order valence-electron chi connectivity index (χ3n) is 6.78. The fourth-order valence-corrected chi connectivity index (χ4v) is 4.33. The van der Waals surface area contributed by atoms with Gasteiger partial charge in [-0.15, -0.1) is 0 Å². The maximum atomic E-state index is 12.0. The zero-order chi connectivity index (χ0) is 28.6. The molecule has 0 amide bonds. The van der Waals surface area contributed by atoms with Gasteiger partial charge in [-0.3, -0.25) is 9.59 Å². The van der Waals surface area contributed by atoms with Gasteiger partial charge in [0, 0.05) is 38.2 Å². The van der Waals surface area contributed by atoms with E-state index < -0.39 is 0 Å². The summed E-state index contributed by atoms with van der Waals surface area (Å²) in [7, 11) is 3.14. The topological polar surface area (TPSA) is 101 Å². The first-order valence-corrected chi connectivity index (χ1v) is 13.8. The highest BCUT2D eigenvalue weighted by molar-refractivity contribution is 5.69. The van der Waals surface area contributed by atoms with Gasteiger partial charge in [-0.25, -0.2) is 0 Å². The maximum absolute atomic E-state index is 12.0. The molecular weight excluding hydrogens is 488 g/mol. The molecule has 0 saturated carbocycles. The first-order valence-electron chi connectivity index (χ1n) is 13.8. The van der Waals surface area contributed by atoms with Crippen molar-refractivity contribution in [2.45, 2.75) is 96.8 Å². The van der Waals surface area contributed by atoms with Crippen molar-refractivity contribution < 1.29 is 38.4 Å². The molecule has 38 heavy (non-hydrogen) atoms. The SMILES string of the molecule is CCCCOc1cc(C(C)(C)CCCC(=O)OCCOC)c(O)cc1C(C)(C)CCCC(=O)OCCOC. The second-order valence-electron chi connectivity index (χ2n) is 11.0. The van der Waals surface area contributed by atoms with Crippen LogP contribution in [0.4, 0.5) is 0 Å². The first-order chi connectivity index (χ1) is 18.0. The van der Waals surface area contributed by atoms with E-state index in [1.165, 1.54) is 0 Å². The van der Waals surface area contributed by atoms with Crippen LogP contribution in [0.1, 0.15) is 97.1 Å². The number of ether oxygens (including phenoxy) is 5. The highest BCUT2D eigenvalue weighted by Crippen LogP contribution is 2.44. The second-order valence-corrected chi connectivity index (χ2v) is 11.0. The number of hydrogen-bond donors (Lipinski definition) is 1. The summed E-state index contributed by atoms with van der Waals surface area (Å²) in [6, 6.07) is 3.77. The zero-order valence-electron chi connectivity index (χ0n) is 24.7. The van der Waals surface area contributed by atoms with Crippen LogP contribution in [-0.2, 0) is 39.4 Å². The first kappa shape index (κ1) is 33.7. The quantitative estimate of drug-likeness (QED) is 0.163. The number of benzene rings is 1. The van der Waals surface area contributed by atoms with Crippen molar-refractivity contribution in [3.8, 4) is 11.5 Å². The van der Waals surface area contributed by atoms with Crippen LogP contribution in [0.3, 0.4) is 0 Å². The van der Waals surface area contributed by atoms with E-state index in [-0.39, 0.29) is 41.7 Å². The highest BCUT2D eigenvalue weighted by Gasteiger charge is 2.31. The molecule has 8 nitrogen and oxygen atoms in total. The summed E-state index contributed by atoms with van der Waals surface area (Å²) in [5.74, 6) is 0.485. The minimum absolute atomic E-state index is 0.211. The van der Waals surface area contributed by atoms with Gasteiger partial charge in [0.2, 0.25) is 0 Å². The lowest BCUT2D eigenvalue weighted by Crippen LogP contribution is -2.22. The minimum Gasteiger partial charge on any atom is -0.508 e. The van der Waals surface area contributed by atoms with Gasteiger partial charge in [0.15, 0.2) is 0 Å². The fourth-order valence-electron chi connectivity index (χ4n) is 4.33. The van der Waals surface area contributed by atoms with E-state index in [9.17, 15) is 14.7 Å². The summed E-state index contributed by atoms with van der Waals surface area (Å²) >= 11 is 0. The number of carbonyl (C=O) groups excluding carboxylic acids is 2. The van der Waals surface area contributed by atoms with Gasteiger partial charge in [0.05, 0.1) is 19.8 Å². The van der Waals surface area contributed by atoms with Gasteiger partial charge in [-0.05, 0) is 55.1 Å². The third kappa shape index (κ3) is 12.0. The number of aromatic hydroxyl groups is 1. The number of hydrogen-bond acceptors (Lipinski definition) is 8. The smallest absolute Gasteiger partial charge is 0.305 e. The number of carbonyl (C=O) groups is 2. The molecule has 1 aromatic rings. The molecular formula is C30H50O8. The Morgan fingerprint density at radius 1 is 0.737 bits per heavy atom. The predicted molar refractivity (Wildman–Crippen MR) is 148 cm³/mol. The standard InChI is InChI=1S/C30H50O8/c1-8-9-16-36-26-22-23(29(2,3)14-10-12-27(32)37-19-17-34-6)25(31)21-24(26)30(4,5)15-11-13-28(33)38-20-18-35-7/h21-22,31H,8-20H2,1-7H3. The molecule has 8 heteroatoms. The lowest BCUT2D eigenvalue weighted by Gasteiger charge is -2.32. The van der Waals surface area contributed by atoms with Crippen LogP contribution in [-0.4, -0.2) is 64.3 Å². The van der Waals surface area contributed by atoms with Crippen molar-refractivity contribution in [2.24, 2.45) is 0 Å². The van der Waals surface area contributed by atoms with Crippen molar-refractivity contribution >= 4 is 11.9 Å². The number of phenols is 1. The number of rotatable bonds is 20. The normalized spacial score (nSPS) is 11.9. The Bertz CT molecular complexity index is 847. The van der Waals surface area contributed by atoms with Gasteiger partial charge >= 0.3 is 11.9 Å². The van der Waals surface area contributed by atoms with Crippen LogP contribution in [0, 0.1) is 0 Å². The molecule has 0 aliphatic rings. The molecule has 0 aliphatic heterocycles. The lowest BCUT2D eigenvalue weighted by molar-refractivity contribution is -0.146. The van der Waals surface area contributed by atoms with Crippen molar-refractivity contribution in [3.05, 3.63) is 23.3 Å². The molecule has 0 bridgehead atoms. The average Bonchev–Trinajstić information content (AvgIpc) is 2.84. The van der Waals surface area contributed by atoms with E-state index in [0.717, 1.165) is 36.1 Å². The van der Waals surface area contributed by atoms with Crippen molar-refractivity contribution in [2.75, 3.05) is 47.3 Å². The molecule has 0 aliphatic carbocycles. The molecule has 0 spiro atoms. The molecule has 0 aromatic heterocycles. The Hall–Kier alpha value is -2.32. The second kappa shape index (κ2) is 17.3. The number of methoxy groups -OCH3 is 2. The minimum atomic E-state index is -0.381. The number of phenolic OH excluding ortho intramolecular Hbond substituents is 1. The molecule has 1 rings (SSSR count). The van der Waals surface area contributed by atoms with Crippen LogP contribution in [0.2, 0.25) is 0 Å². The molecule has 0 saturated heterocycles. The molecule has 0 heterocycles. The van der Waals surface area contributed by atoms with Gasteiger partial charge in [0.25, 0.3) is 0 Å². The lowest BCUT2D eigenvalue weighted by atomic mass is 9.75. The zero-order valence-corrected chi connectivity index (χ0v) is 24.7. The van der Waals surface area contributed by atoms with Crippen molar-refractivity contribution in [3.63, 3.8) is 0 Å². The Balaban J connectivity index is 2.99. The number of esters is 2. The summed E-state index contributed by atoms with van der Waals surface area (Å²) in [5.41, 5.74) is 0.993. The molecule has 218 valence electrons. The van der Waals surface area contributed by atoms with E-state index >= 15 is 0 Å². The Morgan fingerprint density at radius 3 is 1.71 bits per heavy atom. The van der Waals surface area contributed by atoms with Crippen LogP contribution in [0.15, 0.2) is 12.1 Å². The summed E-state index contributed by atoms with van der Waals surface area (Å²) in [6.45, 7) is 12.3. The van der Waals surface area contributed by atoms with E-state index in [2.05, 4.69) is 34.6 Å². The van der Waals surface area contributed by atoms with Gasteiger partial charge in [0.1, 0.15) is 24.7 Å². The molecule has 0 radical (unpaired) electrons. The Kier molecular flexibility index (Phi) is 15.3. The maximum Gasteiger partial charge on any atom is 0.305 e. The Labute approximate surface area is 229 Å². The van der Waals surface area contributed by atoms with Gasteiger partial charge in [-0.1, -0.05) is 41.0 Å². The summed E-state index contributed by atoms with van der Waals surface area (Å²) in [6.07, 6.45) is 5.29.